The van der Waals surface area contributed by atoms with Crippen LogP contribution in [0.4, 0.5) is 21.9 Å². The average molecular weight is 438 g/mol. The molecular formula is C24H31N5O3. The van der Waals surface area contributed by atoms with Crippen LogP contribution in [-0.2, 0) is 0 Å². The molecule has 2 aromatic rings. The molecule has 32 heavy (non-hydrogen) atoms. The number of piperidine rings is 1. The summed E-state index contributed by atoms with van der Waals surface area (Å²) in [6.45, 7) is 1.88. The van der Waals surface area contributed by atoms with Crippen LogP contribution < -0.4 is 20.9 Å². The number of nitrogens with zero attached hydrogens (tertiary/aromatic N) is 2. The summed E-state index contributed by atoms with van der Waals surface area (Å²) in [5, 5.41) is 20.8. The van der Waals surface area contributed by atoms with Crippen LogP contribution in [0.15, 0.2) is 54.6 Å². The molecule has 0 aromatic heterocycles. The van der Waals surface area contributed by atoms with Crippen molar-refractivity contribution in [1.29, 1.82) is 0 Å². The number of amides is 2. The molecule has 8 nitrogen and oxygen atoms in total. The van der Waals surface area contributed by atoms with Crippen LogP contribution in [0.5, 0.6) is 0 Å². The van der Waals surface area contributed by atoms with Gasteiger partial charge in [-0.25, -0.2) is 4.79 Å². The van der Waals surface area contributed by atoms with E-state index in [0.717, 1.165) is 63.0 Å². The van der Waals surface area contributed by atoms with E-state index in [-0.39, 0.29) is 34.8 Å². The van der Waals surface area contributed by atoms with E-state index in [4.69, 9.17) is 0 Å². The topological polar surface area (TPSA) is 99.5 Å². The number of carbonyl (C=O) groups is 1. The van der Waals surface area contributed by atoms with Crippen LogP contribution in [0.25, 0.3) is 0 Å². The van der Waals surface area contributed by atoms with Crippen LogP contribution in [0, 0.1) is 10.1 Å². The maximum Gasteiger partial charge on any atom is 0.319 e. The number of hydrogen-bond donors (Lipinski definition) is 3. The number of para-hydroxylation sites is 1. The molecule has 1 saturated heterocycles. The number of non-ortho nitro benzene ring substituents is 1. The van der Waals surface area contributed by atoms with Crippen molar-refractivity contribution < 1.29 is 9.72 Å². The molecule has 1 aliphatic carbocycles. The minimum atomic E-state index is -0.366. The van der Waals surface area contributed by atoms with Gasteiger partial charge >= 0.3 is 6.03 Å². The van der Waals surface area contributed by atoms with Gasteiger partial charge < -0.3 is 20.9 Å². The molecule has 0 radical (unpaired) electrons. The second kappa shape index (κ2) is 10.5. The van der Waals surface area contributed by atoms with Crippen LogP contribution in [-0.4, -0.2) is 42.2 Å². The van der Waals surface area contributed by atoms with Crippen LogP contribution in [0.1, 0.15) is 38.5 Å². The van der Waals surface area contributed by atoms with Crippen molar-refractivity contribution in [1.82, 2.24) is 10.6 Å². The molecular weight excluding hydrogens is 406 g/mol. The van der Waals surface area contributed by atoms with Gasteiger partial charge in [0.05, 0.1) is 11.0 Å². The highest BCUT2D eigenvalue weighted by Crippen LogP contribution is 2.32. The highest BCUT2D eigenvalue weighted by molar-refractivity contribution is 5.89. The molecule has 8 heteroatoms. The van der Waals surface area contributed by atoms with E-state index in [1.165, 1.54) is 0 Å². The molecule has 1 heterocycles. The van der Waals surface area contributed by atoms with Crippen LogP contribution in [0.2, 0.25) is 0 Å². The van der Waals surface area contributed by atoms with Gasteiger partial charge in [0.1, 0.15) is 0 Å². The molecule has 2 fully saturated rings. The number of nitro benzene ring substituents is 1. The van der Waals surface area contributed by atoms with E-state index in [2.05, 4.69) is 20.9 Å². The van der Waals surface area contributed by atoms with E-state index < -0.39 is 0 Å². The van der Waals surface area contributed by atoms with Gasteiger partial charge in [-0.15, -0.1) is 0 Å². The zero-order valence-electron chi connectivity index (χ0n) is 18.2. The summed E-state index contributed by atoms with van der Waals surface area (Å²) in [4.78, 5) is 25.9. The number of hydrogen-bond acceptors (Lipinski definition) is 5. The molecule has 0 bridgehead atoms. The lowest BCUT2D eigenvalue weighted by Gasteiger charge is -2.46. The molecule has 2 aromatic carbocycles. The average Bonchev–Trinajstić information content (AvgIpc) is 2.82. The van der Waals surface area contributed by atoms with E-state index in [1.54, 1.807) is 12.1 Å². The molecule has 1 saturated carbocycles. The molecule has 2 amide bonds. The third-order valence-electron chi connectivity index (χ3n) is 6.46. The monoisotopic (exact) mass is 437 g/mol. The molecule has 2 aliphatic rings. The summed E-state index contributed by atoms with van der Waals surface area (Å²) in [6, 6.07) is 16.5. The van der Waals surface area contributed by atoms with E-state index in [0.29, 0.717) is 0 Å². The van der Waals surface area contributed by atoms with Crippen molar-refractivity contribution >= 4 is 23.1 Å². The lowest BCUT2D eigenvalue weighted by Crippen LogP contribution is -2.59. The fourth-order valence-corrected chi connectivity index (χ4v) is 4.96. The summed E-state index contributed by atoms with van der Waals surface area (Å²) in [7, 11) is 0. The van der Waals surface area contributed by atoms with Gasteiger partial charge in [-0.05, 0) is 56.5 Å². The first-order valence-electron chi connectivity index (χ1n) is 11.5. The molecule has 3 N–H and O–H groups in total. The Hall–Kier alpha value is -3.13. The molecule has 1 aliphatic heterocycles. The number of urea groups is 1. The standard InChI is InChI=1S/C24H31N5O3/c30-24(26-18-7-2-1-3-8-18)27-22-10-4-5-11-23(22)28(21-9-6-16-25-17-21)19-12-14-20(15-13-19)29(31)32/h1-3,7-8,12-15,21-23,25H,4-6,9-11,16-17H2,(H2,26,27,30)/t21-,22+,23+/m0/s1. The molecule has 0 spiro atoms. The Balaban J connectivity index is 1.55. The predicted molar refractivity (Wildman–Crippen MR) is 126 cm³/mol. The van der Waals surface area contributed by atoms with Gasteiger partial charge in [-0.3, -0.25) is 10.1 Å². The second-order valence-corrected chi connectivity index (χ2v) is 8.60. The zero-order valence-corrected chi connectivity index (χ0v) is 18.2. The summed E-state index contributed by atoms with van der Waals surface area (Å²) in [5.74, 6) is 0. The van der Waals surface area contributed by atoms with Crippen molar-refractivity contribution in [3.05, 3.63) is 64.7 Å². The van der Waals surface area contributed by atoms with Crippen LogP contribution in [0.3, 0.4) is 0 Å². The maximum absolute atomic E-state index is 12.8. The lowest BCUT2D eigenvalue weighted by atomic mass is 9.87. The number of rotatable bonds is 6. The summed E-state index contributed by atoms with van der Waals surface area (Å²) in [5.41, 5.74) is 1.84. The maximum atomic E-state index is 12.8. The minimum absolute atomic E-state index is 0.00424. The third kappa shape index (κ3) is 5.37. The Labute approximate surface area is 188 Å². The summed E-state index contributed by atoms with van der Waals surface area (Å²) in [6.07, 6.45) is 6.22. The fourth-order valence-electron chi connectivity index (χ4n) is 4.96. The number of nitrogens with one attached hydrogen (secondary N) is 3. The fraction of sp³-hybridized carbons (Fsp3) is 0.458. The number of nitro groups is 1. The number of benzene rings is 2. The summed E-state index contributed by atoms with van der Waals surface area (Å²) >= 11 is 0. The molecule has 4 rings (SSSR count). The first-order valence-corrected chi connectivity index (χ1v) is 11.5. The van der Waals surface area contributed by atoms with Gasteiger partial charge in [0, 0.05) is 42.1 Å². The molecule has 170 valence electrons. The highest BCUT2D eigenvalue weighted by atomic mass is 16.6. The van der Waals surface area contributed by atoms with Gasteiger partial charge in [0.2, 0.25) is 0 Å². The lowest BCUT2D eigenvalue weighted by molar-refractivity contribution is -0.384. The van der Waals surface area contributed by atoms with Crippen molar-refractivity contribution in [3.63, 3.8) is 0 Å². The Morgan fingerprint density at radius 2 is 1.75 bits per heavy atom. The van der Waals surface area contributed by atoms with E-state index >= 15 is 0 Å². The highest BCUT2D eigenvalue weighted by Gasteiger charge is 2.35. The Morgan fingerprint density at radius 1 is 1.00 bits per heavy atom. The number of anilines is 2. The minimum Gasteiger partial charge on any atom is -0.362 e. The largest absolute Gasteiger partial charge is 0.362 e. The van der Waals surface area contributed by atoms with Gasteiger partial charge in [-0.2, -0.15) is 0 Å². The first kappa shape index (κ1) is 22.1. The summed E-state index contributed by atoms with van der Waals surface area (Å²) < 4.78 is 0. The smallest absolute Gasteiger partial charge is 0.319 e. The van der Waals surface area contributed by atoms with Crippen molar-refractivity contribution in [2.45, 2.75) is 56.7 Å². The SMILES string of the molecule is O=C(Nc1ccccc1)N[C@@H]1CCCC[C@H]1N(c1ccc([N+](=O)[O-])cc1)[C@H]1CCCNC1. The Kier molecular flexibility index (Phi) is 7.21. The van der Waals surface area contributed by atoms with Gasteiger partial charge in [0.25, 0.3) is 5.69 Å². The molecule has 0 unspecified atom stereocenters. The third-order valence-corrected chi connectivity index (χ3v) is 6.46. The Bertz CT molecular complexity index is 900. The van der Waals surface area contributed by atoms with Crippen molar-refractivity contribution in [3.8, 4) is 0 Å². The van der Waals surface area contributed by atoms with E-state index in [9.17, 15) is 14.9 Å². The van der Waals surface area contributed by atoms with Gasteiger partial charge in [-0.1, -0.05) is 31.0 Å². The normalized spacial score (nSPS) is 23.2. The predicted octanol–water partition coefficient (Wildman–Crippen LogP) is 4.29. The van der Waals surface area contributed by atoms with E-state index in [1.807, 2.05) is 42.5 Å². The van der Waals surface area contributed by atoms with Crippen LogP contribution >= 0.6 is 0 Å². The van der Waals surface area contributed by atoms with Crippen molar-refractivity contribution in [2.24, 2.45) is 0 Å². The first-order chi connectivity index (χ1) is 15.6. The quantitative estimate of drug-likeness (QED) is 0.463. The Morgan fingerprint density at radius 3 is 2.44 bits per heavy atom. The van der Waals surface area contributed by atoms with Crippen molar-refractivity contribution in [2.75, 3.05) is 23.3 Å². The number of carbonyl (C=O) groups excluding carboxylic acids is 1. The zero-order chi connectivity index (χ0) is 22.3. The second-order valence-electron chi connectivity index (χ2n) is 8.60. The van der Waals surface area contributed by atoms with Gasteiger partial charge in [0.15, 0.2) is 0 Å². The molecule has 3 atom stereocenters.